The second kappa shape index (κ2) is 11.6. The first-order chi connectivity index (χ1) is 19.6. The van der Waals surface area contributed by atoms with Gasteiger partial charge in [-0.25, -0.2) is 31.2 Å². The number of benzene rings is 3. The zero-order valence-corrected chi connectivity index (χ0v) is 24.8. The Morgan fingerprint density at radius 3 is 2.02 bits per heavy atom. The van der Waals surface area contributed by atoms with Gasteiger partial charge in [-0.1, -0.05) is 36.4 Å². The van der Waals surface area contributed by atoms with Crippen molar-refractivity contribution in [1.82, 2.24) is 13.5 Å². The maximum absolute atomic E-state index is 14.9. The lowest BCUT2D eigenvalue weighted by atomic mass is 10.1. The van der Waals surface area contributed by atoms with Crippen molar-refractivity contribution >= 4 is 43.1 Å². The van der Waals surface area contributed by atoms with Crippen LogP contribution in [-0.4, -0.2) is 54.6 Å². The average molecular weight is 618 g/mol. The quantitative estimate of drug-likeness (QED) is 0.200. The molecule has 0 spiro atoms. The van der Waals surface area contributed by atoms with Crippen LogP contribution in [0.25, 0.3) is 22.2 Å². The van der Waals surface area contributed by atoms with E-state index < -0.39 is 51.4 Å². The molecule has 3 aromatic carbocycles. The van der Waals surface area contributed by atoms with E-state index in [0.29, 0.717) is 22.2 Å². The Morgan fingerprint density at radius 1 is 0.881 bits per heavy atom. The van der Waals surface area contributed by atoms with Crippen molar-refractivity contribution in [3.63, 3.8) is 0 Å². The molecule has 1 heterocycles. The summed E-state index contributed by atoms with van der Waals surface area (Å²) in [5.74, 6) is -0.468. The molecule has 0 saturated heterocycles. The summed E-state index contributed by atoms with van der Waals surface area (Å²) < 4.78 is 76.2. The highest BCUT2D eigenvalue weighted by Crippen LogP contribution is 2.30. The summed E-state index contributed by atoms with van der Waals surface area (Å²) in [7, 11) is -10.0. The van der Waals surface area contributed by atoms with E-state index in [1.165, 1.54) is 34.9 Å². The predicted molar refractivity (Wildman–Crippen MR) is 151 cm³/mol. The second-order valence-electron chi connectivity index (χ2n) is 10.0. The maximum Gasteiger partial charge on any atom is 0.420 e. The third-order valence-corrected chi connectivity index (χ3v) is 9.48. The molecule has 0 saturated carbocycles. The molecular formula is C28H28FN3O8S2. The van der Waals surface area contributed by atoms with Crippen molar-refractivity contribution in [2.75, 3.05) is 6.61 Å². The van der Waals surface area contributed by atoms with Gasteiger partial charge in [-0.2, -0.15) is 0 Å². The summed E-state index contributed by atoms with van der Waals surface area (Å²) in [5.41, 5.74) is 0.861. The molecule has 42 heavy (non-hydrogen) atoms. The van der Waals surface area contributed by atoms with Crippen molar-refractivity contribution in [3.8, 4) is 11.1 Å². The van der Waals surface area contributed by atoms with Gasteiger partial charge >= 0.3 is 12.1 Å². The van der Waals surface area contributed by atoms with Crippen LogP contribution in [0.15, 0.2) is 82.6 Å². The van der Waals surface area contributed by atoms with Gasteiger partial charge in [-0.15, -0.1) is 4.48 Å². The molecule has 0 amide bonds. The van der Waals surface area contributed by atoms with E-state index in [1.807, 2.05) is 0 Å². The summed E-state index contributed by atoms with van der Waals surface area (Å²) in [5, 5.41) is 0. The standard InChI is InChI=1S/C28H28FN3O8S2/c1-5-39-26(33)18-25-30-23-16-13-20(17-24(23)31(25)27(34)40-28(2,3)4)19-11-14-22(15-12-19)42(37,38)32(29)41(35,36)21-9-7-6-8-10-21/h6-17H,5,18H2,1-4H3. The minimum absolute atomic E-state index is 0.110. The van der Waals surface area contributed by atoms with Crippen molar-refractivity contribution < 1.29 is 40.4 Å². The molecule has 0 unspecified atom stereocenters. The number of esters is 1. The van der Waals surface area contributed by atoms with Crippen LogP contribution in [-0.2, 0) is 40.7 Å². The number of carbonyl (C=O) groups is 2. The highest BCUT2D eigenvalue weighted by atomic mass is 32.3. The van der Waals surface area contributed by atoms with E-state index in [4.69, 9.17) is 9.47 Å². The predicted octanol–water partition coefficient (Wildman–Crippen LogP) is 4.86. The number of hydrogen-bond acceptors (Lipinski definition) is 9. The SMILES string of the molecule is CCOC(=O)Cc1nc2ccc(-c3ccc(S(=O)(=O)N(F)S(=O)(=O)c4ccccc4)cc3)cc2n1C(=O)OC(C)(C)C. The number of rotatable bonds is 8. The van der Waals surface area contributed by atoms with E-state index in [2.05, 4.69) is 4.98 Å². The molecule has 0 radical (unpaired) electrons. The highest BCUT2D eigenvalue weighted by Gasteiger charge is 2.37. The molecule has 0 N–H and O–H groups in total. The van der Waals surface area contributed by atoms with E-state index in [9.17, 15) is 30.9 Å². The zero-order chi connectivity index (χ0) is 30.9. The summed E-state index contributed by atoms with van der Waals surface area (Å²) >= 11 is 0. The van der Waals surface area contributed by atoms with E-state index in [-0.39, 0.29) is 18.9 Å². The van der Waals surface area contributed by atoms with Crippen LogP contribution < -0.4 is 0 Å². The topological polar surface area (TPSA) is 142 Å². The molecule has 11 nitrogen and oxygen atoms in total. The van der Waals surface area contributed by atoms with Crippen LogP contribution in [0.2, 0.25) is 0 Å². The number of ether oxygens (including phenoxy) is 2. The number of imidazole rings is 1. The van der Waals surface area contributed by atoms with Crippen molar-refractivity contribution in [2.24, 2.45) is 0 Å². The fourth-order valence-corrected chi connectivity index (χ4v) is 6.84. The van der Waals surface area contributed by atoms with Crippen LogP contribution in [0.5, 0.6) is 0 Å². The monoisotopic (exact) mass is 617 g/mol. The van der Waals surface area contributed by atoms with Gasteiger partial charge in [0.1, 0.15) is 17.8 Å². The first kappa shape index (κ1) is 30.8. The minimum atomic E-state index is -5.07. The number of halogens is 1. The molecule has 1 aromatic heterocycles. The number of carbonyl (C=O) groups excluding carboxylic acids is 2. The third-order valence-electron chi connectivity index (χ3n) is 5.81. The summed E-state index contributed by atoms with van der Waals surface area (Å²) in [6.45, 7) is 6.89. The molecule has 0 atom stereocenters. The lowest BCUT2D eigenvalue weighted by molar-refractivity contribution is -0.142. The Balaban J connectivity index is 1.71. The molecular weight excluding hydrogens is 589 g/mol. The van der Waals surface area contributed by atoms with Gasteiger partial charge in [0.15, 0.2) is 0 Å². The van der Waals surface area contributed by atoms with Crippen LogP contribution in [0.3, 0.4) is 0 Å². The normalized spacial score (nSPS) is 12.4. The van der Waals surface area contributed by atoms with Crippen molar-refractivity contribution in [1.29, 1.82) is 0 Å². The Bertz CT molecular complexity index is 1850. The van der Waals surface area contributed by atoms with Gasteiger partial charge in [-0.3, -0.25) is 4.79 Å². The van der Waals surface area contributed by atoms with Crippen LogP contribution in [0.1, 0.15) is 33.5 Å². The lowest BCUT2D eigenvalue weighted by Gasteiger charge is -2.20. The molecule has 0 aliphatic carbocycles. The van der Waals surface area contributed by atoms with Gasteiger partial charge in [0.05, 0.1) is 31.4 Å². The molecule has 14 heteroatoms. The number of aromatic nitrogens is 2. The molecule has 0 aliphatic rings. The van der Waals surface area contributed by atoms with Crippen LogP contribution >= 0.6 is 0 Å². The van der Waals surface area contributed by atoms with Gasteiger partial charge < -0.3 is 9.47 Å². The first-order valence-corrected chi connectivity index (χ1v) is 15.6. The summed E-state index contributed by atoms with van der Waals surface area (Å²) in [6.07, 6.45) is -1.04. The molecule has 0 aliphatic heterocycles. The first-order valence-electron chi connectivity index (χ1n) is 12.7. The lowest BCUT2D eigenvalue weighted by Crippen LogP contribution is -2.29. The number of sulfonamides is 2. The highest BCUT2D eigenvalue weighted by molar-refractivity contribution is 8.03. The second-order valence-corrected chi connectivity index (χ2v) is 13.7. The average Bonchev–Trinajstić information content (AvgIpc) is 3.29. The number of hydrogen-bond donors (Lipinski definition) is 0. The zero-order valence-electron chi connectivity index (χ0n) is 23.1. The van der Waals surface area contributed by atoms with Crippen LogP contribution in [0.4, 0.5) is 9.28 Å². The largest absolute Gasteiger partial charge is 0.466 e. The number of nitrogens with zero attached hydrogens (tertiary/aromatic N) is 3. The molecule has 0 bridgehead atoms. The number of fused-ring (bicyclic) bond motifs is 1. The summed E-state index contributed by atoms with van der Waals surface area (Å²) in [6, 6.07) is 16.1. The molecule has 222 valence electrons. The van der Waals surface area contributed by atoms with Gasteiger partial charge in [0.25, 0.3) is 20.0 Å². The van der Waals surface area contributed by atoms with E-state index in [1.54, 1.807) is 45.9 Å². The van der Waals surface area contributed by atoms with Gasteiger partial charge in [0, 0.05) is 0 Å². The Labute approximate surface area is 242 Å². The maximum atomic E-state index is 14.9. The molecule has 4 rings (SSSR count). The third kappa shape index (κ3) is 6.35. The van der Waals surface area contributed by atoms with E-state index >= 15 is 0 Å². The van der Waals surface area contributed by atoms with Crippen LogP contribution in [0, 0.1) is 0 Å². The fourth-order valence-electron chi connectivity index (χ4n) is 3.98. The van der Waals surface area contributed by atoms with Gasteiger partial charge in [-0.05, 0) is 75.2 Å². The Hall–Kier alpha value is -4.14. The molecule has 0 fully saturated rings. The van der Waals surface area contributed by atoms with Gasteiger partial charge in [0.2, 0.25) is 0 Å². The summed E-state index contributed by atoms with van der Waals surface area (Å²) in [4.78, 5) is 28.6. The molecule has 4 aromatic rings. The smallest absolute Gasteiger partial charge is 0.420 e. The Kier molecular flexibility index (Phi) is 8.53. The minimum Gasteiger partial charge on any atom is -0.466 e. The fraction of sp³-hybridized carbons (Fsp3) is 0.250. The van der Waals surface area contributed by atoms with E-state index in [0.717, 1.165) is 24.3 Å². The van der Waals surface area contributed by atoms with Crippen molar-refractivity contribution in [2.45, 2.75) is 49.5 Å². The van der Waals surface area contributed by atoms with Crippen molar-refractivity contribution in [3.05, 3.63) is 78.6 Å². The Morgan fingerprint density at radius 2 is 1.45 bits per heavy atom.